The second kappa shape index (κ2) is 3.55. The van der Waals surface area contributed by atoms with E-state index >= 15 is 0 Å². The molecule has 1 saturated carbocycles. The van der Waals surface area contributed by atoms with Gasteiger partial charge in [0.25, 0.3) is 0 Å². The minimum atomic E-state index is 0.171. The fourth-order valence-corrected chi connectivity index (χ4v) is 1.79. The fourth-order valence-electron chi connectivity index (χ4n) is 1.79. The standard InChI is InChI=1S/C9H20N2/c1-3-7-11(2)8-9(10)5-4-6-9/h3-8,10H2,1-2H3. The second-order valence-electron chi connectivity index (χ2n) is 3.95. The van der Waals surface area contributed by atoms with E-state index in [-0.39, 0.29) is 5.54 Å². The summed E-state index contributed by atoms with van der Waals surface area (Å²) in [6, 6.07) is 0. The van der Waals surface area contributed by atoms with Crippen molar-refractivity contribution >= 4 is 0 Å². The van der Waals surface area contributed by atoms with Crippen LogP contribution in [0.1, 0.15) is 32.6 Å². The molecule has 0 radical (unpaired) electrons. The molecule has 11 heavy (non-hydrogen) atoms. The highest BCUT2D eigenvalue weighted by Crippen LogP contribution is 2.29. The summed E-state index contributed by atoms with van der Waals surface area (Å²) in [5.41, 5.74) is 6.26. The number of nitrogens with zero attached hydrogens (tertiary/aromatic N) is 1. The highest BCUT2D eigenvalue weighted by Gasteiger charge is 2.32. The molecule has 2 heteroatoms. The van der Waals surface area contributed by atoms with E-state index in [1.54, 1.807) is 0 Å². The van der Waals surface area contributed by atoms with Gasteiger partial charge >= 0.3 is 0 Å². The number of rotatable bonds is 4. The van der Waals surface area contributed by atoms with Crippen LogP contribution >= 0.6 is 0 Å². The SMILES string of the molecule is CCCN(C)CC1(N)CCC1. The van der Waals surface area contributed by atoms with Gasteiger partial charge in [0.2, 0.25) is 0 Å². The van der Waals surface area contributed by atoms with Crippen molar-refractivity contribution in [3.8, 4) is 0 Å². The van der Waals surface area contributed by atoms with Crippen LogP contribution in [0.2, 0.25) is 0 Å². The molecule has 1 aliphatic rings. The molecule has 66 valence electrons. The fraction of sp³-hybridized carbons (Fsp3) is 1.00. The van der Waals surface area contributed by atoms with E-state index in [2.05, 4.69) is 18.9 Å². The Bertz CT molecular complexity index is 119. The van der Waals surface area contributed by atoms with E-state index < -0.39 is 0 Å². The van der Waals surface area contributed by atoms with Crippen LogP contribution in [-0.4, -0.2) is 30.6 Å². The lowest BCUT2D eigenvalue weighted by Gasteiger charge is -2.41. The summed E-state index contributed by atoms with van der Waals surface area (Å²) in [6.45, 7) is 4.47. The van der Waals surface area contributed by atoms with Crippen LogP contribution in [0.15, 0.2) is 0 Å². The van der Waals surface area contributed by atoms with E-state index in [1.807, 2.05) is 0 Å². The first-order chi connectivity index (χ1) is 5.16. The summed E-state index contributed by atoms with van der Waals surface area (Å²) < 4.78 is 0. The Morgan fingerprint density at radius 2 is 2.09 bits per heavy atom. The maximum Gasteiger partial charge on any atom is 0.0283 e. The number of hydrogen-bond donors (Lipinski definition) is 1. The normalized spacial score (nSPS) is 21.8. The molecule has 0 aliphatic heterocycles. The summed E-state index contributed by atoms with van der Waals surface area (Å²) >= 11 is 0. The number of nitrogens with two attached hydrogens (primary N) is 1. The Morgan fingerprint density at radius 3 is 2.45 bits per heavy atom. The third kappa shape index (κ3) is 2.46. The van der Waals surface area contributed by atoms with Crippen molar-refractivity contribution in [2.75, 3.05) is 20.1 Å². The summed E-state index contributed by atoms with van der Waals surface area (Å²) in [7, 11) is 2.16. The van der Waals surface area contributed by atoms with Crippen LogP contribution in [0.5, 0.6) is 0 Å². The van der Waals surface area contributed by atoms with E-state index in [4.69, 9.17) is 5.73 Å². The van der Waals surface area contributed by atoms with Crippen LogP contribution in [0, 0.1) is 0 Å². The molecule has 2 nitrogen and oxygen atoms in total. The van der Waals surface area contributed by atoms with Gasteiger partial charge in [-0.05, 0) is 39.3 Å². The van der Waals surface area contributed by atoms with Crippen molar-refractivity contribution in [1.29, 1.82) is 0 Å². The zero-order valence-electron chi connectivity index (χ0n) is 7.77. The first kappa shape index (κ1) is 9.01. The van der Waals surface area contributed by atoms with Crippen molar-refractivity contribution in [1.82, 2.24) is 4.90 Å². The molecule has 1 fully saturated rings. The van der Waals surface area contributed by atoms with Gasteiger partial charge in [0.1, 0.15) is 0 Å². The Kier molecular flexibility index (Phi) is 2.90. The zero-order valence-corrected chi connectivity index (χ0v) is 7.77. The molecule has 0 saturated heterocycles. The first-order valence-corrected chi connectivity index (χ1v) is 4.64. The molecule has 0 amide bonds. The Balaban J connectivity index is 2.18. The van der Waals surface area contributed by atoms with Crippen molar-refractivity contribution in [2.24, 2.45) is 5.73 Å². The Labute approximate surface area is 69.8 Å². The maximum atomic E-state index is 6.09. The number of hydrogen-bond acceptors (Lipinski definition) is 2. The van der Waals surface area contributed by atoms with Gasteiger partial charge in [0.15, 0.2) is 0 Å². The van der Waals surface area contributed by atoms with E-state index in [0.29, 0.717) is 0 Å². The predicted octanol–water partition coefficient (Wildman–Crippen LogP) is 1.21. The molecule has 0 spiro atoms. The van der Waals surface area contributed by atoms with Gasteiger partial charge in [-0.1, -0.05) is 6.92 Å². The highest BCUT2D eigenvalue weighted by atomic mass is 15.1. The van der Waals surface area contributed by atoms with Crippen molar-refractivity contribution in [2.45, 2.75) is 38.1 Å². The van der Waals surface area contributed by atoms with Gasteiger partial charge in [-0.25, -0.2) is 0 Å². The average Bonchev–Trinajstić information content (AvgIpc) is 1.85. The van der Waals surface area contributed by atoms with E-state index in [1.165, 1.54) is 32.2 Å². The van der Waals surface area contributed by atoms with Gasteiger partial charge in [0, 0.05) is 12.1 Å². The van der Waals surface area contributed by atoms with Gasteiger partial charge in [0.05, 0.1) is 0 Å². The molecule has 1 rings (SSSR count). The van der Waals surface area contributed by atoms with Crippen LogP contribution < -0.4 is 5.73 Å². The molecular weight excluding hydrogens is 136 g/mol. The van der Waals surface area contributed by atoms with Gasteiger partial charge in [-0.3, -0.25) is 0 Å². The molecule has 1 aliphatic carbocycles. The Hall–Kier alpha value is -0.0800. The smallest absolute Gasteiger partial charge is 0.0283 e. The maximum absolute atomic E-state index is 6.09. The van der Waals surface area contributed by atoms with E-state index in [9.17, 15) is 0 Å². The topological polar surface area (TPSA) is 29.3 Å². The Morgan fingerprint density at radius 1 is 1.45 bits per heavy atom. The number of likely N-dealkylation sites (N-methyl/N-ethyl adjacent to an activating group) is 1. The third-order valence-electron chi connectivity index (χ3n) is 2.54. The van der Waals surface area contributed by atoms with Gasteiger partial charge < -0.3 is 10.6 Å². The monoisotopic (exact) mass is 156 g/mol. The van der Waals surface area contributed by atoms with E-state index in [0.717, 1.165) is 6.54 Å². The van der Waals surface area contributed by atoms with Crippen molar-refractivity contribution < 1.29 is 0 Å². The molecule has 0 bridgehead atoms. The largest absolute Gasteiger partial charge is 0.324 e. The highest BCUT2D eigenvalue weighted by molar-refractivity contribution is 4.94. The molecule has 0 atom stereocenters. The quantitative estimate of drug-likeness (QED) is 0.663. The van der Waals surface area contributed by atoms with Crippen LogP contribution in [0.3, 0.4) is 0 Å². The minimum Gasteiger partial charge on any atom is -0.324 e. The molecule has 0 aromatic heterocycles. The first-order valence-electron chi connectivity index (χ1n) is 4.64. The van der Waals surface area contributed by atoms with Gasteiger partial charge in [-0.15, -0.1) is 0 Å². The van der Waals surface area contributed by atoms with Crippen molar-refractivity contribution in [3.05, 3.63) is 0 Å². The summed E-state index contributed by atoms with van der Waals surface area (Å²) in [5.74, 6) is 0. The van der Waals surface area contributed by atoms with Crippen LogP contribution in [0.25, 0.3) is 0 Å². The molecule has 0 unspecified atom stereocenters. The molecular formula is C9H20N2. The molecule has 0 aromatic rings. The average molecular weight is 156 g/mol. The van der Waals surface area contributed by atoms with Crippen molar-refractivity contribution in [3.63, 3.8) is 0 Å². The lowest BCUT2D eigenvalue weighted by atomic mass is 9.77. The second-order valence-corrected chi connectivity index (χ2v) is 3.95. The van der Waals surface area contributed by atoms with Gasteiger partial charge in [-0.2, -0.15) is 0 Å². The third-order valence-corrected chi connectivity index (χ3v) is 2.54. The minimum absolute atomic E-state index is 0.171. The van der Waals surface area contributed by atoms with Crippen LogP contribution in [0.4, 0.5) is 0 Å². The lowest BCUT2D eigenvalue weighted by molar-refractivity contribution is 0.165. The van der Waals surface area contributed by atoms with Crippen LogP contribution in [-0.2, 0) is 0 Å². The lowest BCUT2D eigenvalue weighted by Crippen LogP contribution is -2.54. The zero-order chi connectivity index (χ0) is 8.32. The summed E-state index contributed by atoms with van der Waals surface area (Å²) in [5, 5.41) is 0. The molecule has 0 heterocycles. The summed E-state index contributed by atoms with van der Waals surface area (Å²) in [6.07, 6.45) is 5.01. The summed E-state index contributed by atoms with van der Waals surface area (Å²) in [4.78, 5) is 2.35. The predicted molar refractivity (Wildman–Crippen MR) is 48.6 cm³/mol. The molecule has 2 N–H and O–H groups in total. The molecule has 0 aromatic carbocycles.